The van der Waals surface area contributed by atoms with Crippen LogP contribution in [-0.2, 0) is 4.79 Å². The minimum atomic E-state index is -0.572. The number of nitrogens with one attached hydrogen (secondary N) is 2. The number of rotatable bonds is 6. The van der Waals surface area contributed by atoms with Crippen molar-refractivity contribution in [3.8, 4) is 17.6 Å². The summed E-state index contributed by atoms with van der Waals surface area (Å²) < 4.78 is 23.2. The third kappa shape index (κ3) is 5.86. The Kier molecular flexibility index (Phi) is 6.91. The van der Waals surface area contributed by atoms with Crippen molar-refractivity contribution in [1.29, 1.82) is 5.26 Å². The molecule has 2 rings (SSSR count). The lowest BCUT2D eigenvalue weighted by Crippen LogP contribution is -2.40. The van der Waals surface area contributed by atoms with Crippen LogP contribution in [0.4, 0.5) is 4.39 Å². The first-order valence-electron chi connectivity index (χ1n) is 7.75. The minimum Gasteiger partial charge on any atom is -0.493 e. The summed E-state index contributed by atoms with van der Waals surface area (Å²) in [7, 11) is 1.46. The predicted octanol–water partition coefficient (Wildman–Crippen LogP) is 2.21. The molecule has 0 atom stereocenters. The van der Waals surface area contributed by atoms with Crippen LogP contribution >= 0.6 is 0 Å². The van der Waals surface area contributed by atoms with Gasteiger partial charge in [0, 0.05) is 11.6 Å². The highest BCUT2D eigenvalue weighted by molar-refractivity contribution is 5.97. The van der Waals surface area contributed by atoms with Crippen molar-refractivity contribution >= 4 is 17.9 Å². The number of amides is 2. The van der Waals surface area contributed by atoms with Crippen LogP contribution in [0, 0.1) is 17.1 Å². The average Bonchev–Trinajstić information content (AvgIpc) is 2.69. The fourth-order valence-electron chi connectivity index (χ4n) is 2.02. The molecule has 0 aliphatic carbocycles. The summed E-state index contributed by atoms with van der Waals surface area (Å²) in [6, 6.07) is 11.7. The van der Waals surface area contributed by atoms with Crippen LogP contribution in [0.1, 0.15) is 15.9 Å². The summed E-state index contributed by atoms with van der Waals surface area (Å²) in [4.78, 5) is 23.6. The summed E-state index contributed by atoms with van der Waals surface area (Å²) in [6.07, 6.45) is 2.73. The highest BCUT2D eigenvalue weighted by atomic mass is 19.1. The smallest absolute Gasteiger partial charge is 0.269 e. The van der Waals surface area contributed by atoms with E-state index in [0.717, 1.165) is 12.1 Å². The van der Waals surface area contributed by atoms with E-state index < -0.39 is 17.6 Å². The Bertz CT molecular complexity index is 889. The van der Waals surface area contributed by atoms with Gasteiger partial charge in [-0.1, -0.05) is 6.07 Å². The standard InChI is InChI=1S/C19H16FN3O4/c1-26-17-12-13(2-8-16(17)27-11-10-21)3-9-18(24)22-23-19(25)14-4-6-15(20)7-5-14/h2-9,12H,11H2,1H3,(H,22,24)(H,23,25)/b9-3+. The van der Waals surface area contributed by atoms with Crippen LogP contribution in [0.3, 0.4) is 0 Å². The number of hydrazine groups is 1. The zero-order valence-corrected chi connectivity index (χ0v) is 14.4. The van der Waals surface area contributed by atoms with E-state index >= 15 is 0 Å². The van der Waals surface area contributed by atoms with Crippen molar-refractivity contribution in [2.45, 2.75) is 0 Å². The number of benzene rings is 2. The van der Waals surface area contributed by atoms with Crippen molar-refractivity contribution in [2.24, 2.45) is 0 Å². The maximum Gasteiger partial charge on any atom is 0.269 e. The summed E-state index contributed by atoms with van der Waals surface area (Å²) in [5.41, 5.74) is 5.30. The molecule has 0 saturated heterocycles. The molecule has 7 nitrogen and oxygen atoms in total. The van der Waals surface area contributed by atoms with Gasteiger partial charge in [-0.3, -0.25) is 20.4 Å². The van der Waals surface area contributed by atoms with Crippen LogP contribution in [0.25, 0.3) is 6.08 Å². The Morgan fingerprint density at radius 3 is 2.56 bits per heavy atom. The first kappa shape index (κ1) is 19.5. The van der Waals surface area contributed by atoms with Gasteiger partial charge in [0.25, 0.3) is 11.8 Å². The van der Waals surface area contributed by atoms with Gasteiger partial charge in [0.05, 0.1) is 7.11 Å². The second kappa shape index (κ2) is 9.58. The molecule has 2 aromatic carbocycles. The second-order valence-electron chi connectivity index (χ2n) is 5.14. The van der Waals surface area contributed by atoms with Gasteiger partial charge >= 0.3 is 0 Å². The number of methoxy groups -OCH3 is 1. The minimum absolute atomic E-state index is 0.109. The molecule has 27 heavy (non-hydrogen) atoms. The molecule has 0 unspecified atom stereocenters. The molecule has 0 aromatic heterocycles. The van der Waals surface area contributed by atoms with E-state index in [9.17, 15) is 14.0 Å². The molecule has 2 aromatic rings. The average molecular weight is 369 g/mol. The lowest BCUT2D eigenvalue weighted by molar-refractivity contribution is -0.117. The van der Waals surface area contributed by atoms with Crippen molar-refractivity contribution < 1.29 is 23.5 Å². The van der Waals surface area contributed by atoms with E-state index in [0.29, 0.717) is 17.1 Å². The normalized spacial score (nSPS) is 10.1. The number of hydrogen-bond donors (Lipinski definition) is 2. The number of halogens is 1. The summed E-state index contributed by atoms with van der Waals surface area (Å²) >= 11 is 0. The molecular formula is C19H16FN3O4. The monoisotopic (exact) mass is 369 g/mol. The zero-order valence-electron chi connectivity index (χ0n) is 14.4. The lowest BCUT2D eigenvalue weighted by atomic mass is 10.2. The van der Waals surface area contributed by atoms with Crippen molar-refractivity contribution in [1.82, 2.24) is 10.9 Å². The maximum atomic E-state index is 12.8. The van der Waals surface area contributed by atoms with E-state index in [2.05, 4.69) is 10.9 Å². The number of carbonyl (C=O) groups is 2. The van der Waals surface area contributed by atoms with Crippen molar-refractivity contribution in [3.05, 3.63) is 65.5 Å². The SMILES string of the molecule is COc1cc(/C=C/C(=O)NNC(=O)c2ccc(F)cc2)ccc1OCC#N. The molecule has 2 amide bonds. The highest BCUT2D eigenvalue weighted by Crippen LogP contribution is 2.28. The van der Waals surface area contributed by atoms with E-state index in [-0.39, 0.29) is 12.2 Å². The van der Waals surface area contributed by atoms with Gasteiger partial charge in [0.2, 0.25) is 0 Å². The van der Waals surface area contributed by atoms with Gasteiger partial charge in [-0.15, -0.1) is 0 Å². The van der Waals surface area contributed by atoms with Gasteiger partial charge in [-0.05, 0) is 48.0 Å². The Balaban J connectivity index is 1.93. The van der Waals surface area contributed by atoms with Gasteiger partial charge in [0.15, 0.2) is 18.1 Å². The van der Waals surface area contributed by atoms with Crippen molar-refractivity contribution in [3.63, 3.8) is 0 Å². The lowest BCUT2D eigenvalue weighted by Gasteiger charge is -2.09. The van der Waals surface area contributed by atoms with Crippen molar-refractivity contribution in [2.75, 3.05) is 13.7 Å². The molecule has 0 radical (unpaired) electrons. The molecule has 138 valence electrons. The van der Waals surface area contributed by atoms with Gasteiger partial charge in [-0.25, -0.2) is 4.39 Å². The number of hydrogen-bond acceptors (Lipinski definition) is 5. The van der Waals surface area contributed by atoms with Gasteiger partial charge < -0.3 is 9.47 Å². The number of carbonyl (C=O) groups excluding carboxylic acids is 2. The number of nitriles is 1. The molecule has 0 aliphatic rings. The van der Waals surface area contributed by atoms with Gasteiger partial charge in [0.1, 0.15) is 11.9 Å². The Morgan fingerprint density at radius 2 is 1.89 bits per heavy atom. The third-order valence-corrected chi connectivity index (χ3v) is 3.31. The first-order chi connectivity index (χ1) is 13.0. The van der Waals surface area contributed by atoms with Crippen LogP contribution in [-0.4, -0.2) is 25.5 Å². The Morgan fingerprint density at radius 1 is 1.15 bits per heavy atom. The molecule has 0 spiro atoms. The molecule has 0 aliphatic heterocycles. The molecule has 0 fully saturated rings. The maximum absolute atomic E-state index is 12.8. The first-order valence-corrected chi connectivity index (χ1v) is 7.75. The molecule has 0 bridgehead atoms. The summed E-state index contributed by atoms with van der Waals surface area (Å²) in [5, 5.41) is 8.55. The largest absolute Gasteiger partial charge is 0.493 e. The second-order valence-corrected chi connectivity index (χ2v) is 5.14. The summed E-state index contributed by atoms with van der Waals surface area (Å²) in [6.45, 7) is -0.109. The van der Waals surface area contributed by atoms with Crippen LogP contribution in [0.5, 0.6) is 11.5 Å². The topological polar surface area (TPSA) is 100 Å². The molecule has 0 saturated carbocycles. The predicted molar refractivity (Wildman–Crippen MR) is 95.1 cm³/mol. The molecular weight excluding hydrogens is 353 g/mol. The summed E-state index contributed by atoms with van der Waals surface area (Å²) in [5.74, 6) is -0.769. The quantitative estimate of drug-likeness (QED) is 0.601. The Labute approximate surface area is 155 Å². The number of nitrogens with zero attached hydrogens (tertiary/aromatic N) is 1. The molecule has 8 heteroatoms. The highest BCUT2D eigenvalue weighted by Gasteiger charge is 2.07. The third-order valence-electron chi connectivity index (χ3n) is 3.31. The van der Waals surface area contributed by atoms with Crippen LogP contribution in [0.15, 0.2) is 48.5 Å². The number of ether oxygens (including phenoxy) is 2. The fraction of sp³-hybridized carbons (Fsp3) is 0.105. The van der Waals surface area contributed by atoms with E-state index in [1.54, 1.807) is 18.2 Å². The van der Waals surface area contributed by atoms with E-state index in [1.807, 2.05) is 6.07 Å². The molecule has 0 heterocycles. The fourth-order valence-corrected chi connectivity index (χ4v) is 2.02. The van der Waals surface area contributed by atoms with Gasteiger partial charge in [-0.2, -0.15) is 5.26 Å². The van der Waals surface area contributed by atoms with Crippen LogP contribution in [0.2, 0.25) is 0 Å². The molecule has 2 N–H and O–H groups in total. The zero-order chi connectivity index (χ0) is 19.6. The van der Waals surface area contributed by atoms with E-state index in [4.69, 9.17) is 14.7 Å². The van der Waals surface area contributed by atoms with Crippen LogP contribution < -0.4 is 20.3 Å². The Hall–Kier alpha value is -3.86. The van der Waals surface area contributed by atoms with E-state index in [1.165, 1.54) is 31.4 Å².